The average molecular weight is 374 g/mol. The van der Waals surface area contributed by atoms with Crippen LogP contribution in [0.2, 0.25) is 5.02 Å². The summed E-state index contributed by atoms with van der Waals surface area (Å²) in [5.41, 5.74) is 2.71. The summed E-state index contributed by atoms with van der Waals surface area (Å²) in [7, 11) is 1.84. The second-order valence-electron chi connectivity index (χ2n) is 6.91. The van der Waals surface area contributed by atoms with Crippen molar-refractivity contribution in [2.24, 2.45) is 7.05 Å². The van der Waals surface area contributed by atoms with Crippen molar-refractivity contribution in [3.8, 4) is 5.75 Å². The molecule has 1 aliphatic rings. The number of nitrogens with zero attached hydrogens (tertiary/aromatic N) is 1. The van der Waals surface area contributed by atoms with Gasteiger partial charge in [-0.05, 0) is 37.6 Å². The number of halogens is 1. The van der Waals surface area contributed by atoms with Gasteiger partial charge in [-0.1, -0.05) is 44.2 Å². The number of unbranched alkanes of at least 4 members (excludes halogenated alkanes) is 3. The van der Waals surface area contributed by atoms with E-state index in [0.717, 1.165) is 36.9 Å². The van der Waals surface area contributed by atoms with Crippen LogP contribution in [-0.2, 0) is 11.8 Å². The van der Waals surface area contributed by atoms with Crippen LogP contribution in [0.4, 0.5) is 0 Å². The first kappa shape index (κ1) is 18.7. The van der Waals surface area contributed by atoms with Crippen molar-refractivity contribution in [2.45, 2.75) is 51.9 Å². The molecule has 138 valence electrons. The Balaban J connectivity index is 1.91. The first-order valence-corrected chi connectivity index (χ1v) is 9.54. The van der Waals surface area contributed by atoms with Gasteiger partial charge in [0.2, 0.25) is 5.78 Å². The largest absolute Gasteiger partial charge is 0.424 e. The molecule has 1 aromatic carbocycles. The smallest absolute Gasteiger partial charge is 0.320 e. The molecule has 0 fully saturated rings. The second-order valence-corrected chi connectivity index (χ2v) is 7.34. The van der Waals surface area contributed by atoms with Crippen LogP contribution in [0.1, 0.15) is 72.3 Å². The highest BCUT2D eigenvalue weighted by Crippen LogP contribution is 2.43. The first-order valence-electron chi connectivity index (χ1n) is 9.16. The van der Waals surface area contributed by atoms with Gasteiger partial charge in [-0.15, -0.1) is 0 Å². The lowest BCUT2D eigenvalue weighted by Gasteiger charge is -2.12. The van der Waals surface area contributed by atoms with Gasteiger partial charge in [0.25, 0.3) is 0 Å². The van der Waals surface area contributed by atoms with Crippen LogP contribution in [0, 0.1) is 6.92 Å². The van der Waals surface area contributed by atoms with Gasteiger partial charge in [-0.25, -0.2) is 0 Å². The van der Waals surface area contributed by atoms with Gasteiger partial charge in [0, 0.05) is 23.2 Å². The van der Waals surface area contributed by atoms with E-state index in [0.29, 0.717) is 22.0 Å². The fraction of sp³-hybridized carbons (Fsp3) is 0.429. The van der Waals surface area contributed by atoms with E-state index in [2.05, 4.69) is 6.92 Å². The van der Waals surface area contributed by atoms with Crippen LogP contribution in [0.15, 0.2) is 24.3 Å². The molecule has 4 nitrogen and oxygen atoms in total. The summed E-state index contributed by atoms with van der Waals surface area (Å²) in [6.45, 7) is 4.01. The summed E-state index contributed by atoms with van der Waals surface area (Å²) in [6.07, 6.45) is 5.18. The van der Waals surface area contributed by atoms with Gasteiger partial charge in [-0.3, -0.25) is 9.59 Å². The lowest BCUT2D eigenvalue weighted by molar-refractivity contribution is -0.134. The number of ketones is 1. The van der Waals surface area contributed by atoms with E-state index in [-0.39, 0.29) is 17.7 Å². The zero-order valence-corrected chi connectivity index (χ0v) is 16.2. The number of carbonyl (C=O) groups is 2. The number of aromatic nitrogens is 1. The Morgan fingerprint density at radius 2 is 1.88 bits per heavy atom. The molecule has 1 atom stereocenters. The van der Waals surface area contributed by atoms with Gasteiger partial charge in [0.1, 0.15) is 5.92 Å². The Labute approximate surface area is 159 Å². The van der Waals surface area contributed by atoms with Crippen molar-refractivity contribution in [3.63, 3.8) is 0 Å². The predicted molar refractivity (Wildman–Crippen MR) is 102 cm³/mol. The number of hydrogen-bond donors (Lipinski definition) is 0. The zero-order valence-electron chi connectivity index (χ0n) is 15.5. The number of carbonyl (C=O) groups excluding carboxylic acids is 2. The molecule has 0 amide bonds. The lowest BCUT2D eigenvalue weighted by Crippen LogP contribution is -2.17. The van der Waals surface area contributed by atoms with E-state index in [9.17, 15) is 9.59 Å². The Morgan fingerprint density at radius 3 is 2.54 bits per heavy atom. The van der Waals surface area contributed by atoms with E-state index in [1.807, 2.05) is 18.5 Å². The maximum atomic E-state index is 13.0. The number of fused-ring (bicyclic) bond motifs is 1. The summed E-state index contributed by atoms with van der Waals surface area (Å²) in [4.78, 5) is 25.3. The van der Waals surface area contributed by atoms with E-state index in [1.54, 1.807) is 24.3 Å². The molecule has 2 heterocycles. The maximum Gasteiger partial charge on any atom is 0.320 e. The standard InChI is InChI=1S/C21H24ClNO3/c1-4-5-6-7-8-16-18-20(26-21(16)25)13(2)17(23(18)3)19(24)14-9-11-15(22)12-10-14/h9-12,16H,4-8H2,1-3H3. The maximum absolute atomic E-state index is 13.0. The third kappa shape index (κ3) is 3.30. The molecule has 26 heavy (non-hydrogen) atoms. The number of ether oxygens (including phenoxy) is 1. The normalized spacial score (nSPS) is 15.8. The minimum atomic E-state index is -0.280. The van der Waals surface area contributed by atoms with Crippen LogP contribution in [0.25, 0.3) is 0 Å². The molecule has 3 rings (SSSR count). The van der Waals surface area contributed by atoms with Crippen LogP contribution in [-0.4, -0.2) is 16.3 Å². The van der Waals surface area contributed by atoms with Gasteiger partial charge in [-0.2, -0.15) is 0 Å². The minimum absolute atomic E-state index is 0.0863. The third-order valence-electron chi connectivity index (χ3n) is 5.11. The number of hydrogen-bond acceptors (Lipinski definition) is 3. The molecular formula is C21H24ClNO3. The Bertz CT molecular complexity index is 836. The number of esters is 1. The topological polar surface area (TPSA) is 48.3 Å². The van der Waals surface area contributed by atoms with E-state index in [1.165, 1.54) is 6.42 Å². The quantitative estimate of drug-likeness (QED) is 0.381. The van der Waals surface area contributed by atoms with Crippen LogP contribution in [0.5, 0.6) is 5.75 Å². The number of rotatable bonds is 7. The van der Waals surface area contributed by atoms with E-state index < -0.39 is 0 Å². The van der Waals surface area contributed by atoms with Gasteiger partial charge in [0.05, 0.1) is 11.4 Å². The molecule has 5 heteroatoms. The van der Waals surface area contributed by atoms with Crippen molar-refractivity contribution in [1.82, 2.24) is 4.57 Å². The molecule has 1 unspecified atom stereocenters. The lowest BCUT2D eigenvalue weighted by atomic mass is 9.98. The molecule has 0 N–H and O–H groups in total. The molecular weight excluding hydrogens is 350 g/mol. The highest BCUT2D eigenvalue weighted by atomic mass is 35.5. The van der Waals surface area contributed by atoms with E-state index >= 15 is 0 Å². The van der Waals surface area contributed by atoms with Crippen molar-refractivity contribution >= 4 is 23.4 Å². The van der Waals surface area contributed by atoms with Crippen LogP contribution in [0.3, 0.4) is 0 Å². The number of benzene rings is 1. The molecule has 1 aromatic heterocycles. The van der Waals surface area contributed by atoms with Gasteiger partial charge in [0.15, 0.2) is 5.75 Å². The van der Waals surface area contributed by atoms with Gasteiger partial charge < -0.3 is 9.30 Å². The highest BCUT2D eigenvalue weighted by molar-refractivity contribution is 6.30. The van der Waals surface area contributed by atoms with Crippen LogP contribution >= 0.6 is 11.6 Å². The summed E-state index contributed by atoms with van der Waals surface area (Å²) in [5, 5.41) is 0.591. The van der Waals surface area contributed by atoms with E-state index in [4.69, 9.17) is 16.3 Å². The van der Waals surface area contributed by atoms with Crippen molar-refractivity contribution in [3.05, 3.63) is 51.8 Å². The molecule has 0 spiro atoms. The van der Waals surface area contributed by atoms with Crippen molar-refractivity contribution in [2.75, 3.05) is 0 Å². The van der Waals surface area contributed by atoms with Crippen LogP contribution < -0.4 is 4.74 Å². The zero-order chi connectivity index (χ0) is 18.8. The Hall–Kier alpha value is -2.07. The third-order valence-corrected chi connectivity index (χ3v) is 5.36. The Morgan fingerprint density at radius 1 is 1.19 bits per heavy atom. The second kappa shape index (κ2) is 7.67. The predicted octanol–water partition coefficient (Wildman–Crippen LogP) is 5.19. The van der Waals surface area contributed by atoms with Crippen molar-refractivity contribution < 1.29 is 14.3 Å². The summed E-state index contributed by atoms with van der Waals surface area (Å²) < 4.78 is 7.39. The fourth-order valence-electron chi connectivity index (χ4n) is 3.72. The summed E-state index contributed by atoms with van der Waals surface area (Å²) in [6, 6.07) is 6.85. The molecule has 1 aliphatic heterocycles. The molecule has 0 aliphatic carbocycles. The molecule has 0 radical (unpaired) electrons. The molecule has 0 saturated carbocycles. The summed E-state index contributed by atoms with van der Waals surface area (Å²) in [5.74, 6) is 0.000156. The van der Waals surface area contributed by atoms with Gasteiger partial charge >= 0.3 is 5.97 Å². The SMILES string of the molecule is CCCCCCC1C(=O)Oc2c(C)c(C(=O)c3ccc(Cl)cc3)n(C)c21. The molecule has 2 aromatic rings. The monoisotopic (exact) mass is 373 g/mol. The summed E-state index contributed by atoms with van der Waals surface area (Å²) >= 11 is 5.92. The first-order chi connectivity index (χ1) is 12.5. The Kier molecular flexibility index (Phi) is 5.52. The molecule has 0 bridgehead atoms. The van der Waals surface area contributed by atoms with Crippen molar-refractivity contribution in [1.29, 1.82) is 0 Å². The molecule has 0 saturated heterocycles. The minimum Gasteiger partial charge on any atom is -0.424 e. The highest BCUT2D eigenvalue weighted by Gasteiger charge is 2.39. The fourth-order valence-corrected chi connectivity index (χ4v) is 3.84. The average Bonchev–Trinajstić information content (AvgIpc) is 3.07.